The van der Waals surface area contributed by atoms with E-state index >= 15 is 0 Å². The van der Waals surface area contributed by atoms with Gasteiger partial charge in [-0.05, 0) is 62.7 Å². The summed E-state index contributed by atoms with van der Waals surface area (Å²) in [6.45, 7) is 6.18. The molecule has 3 aromatic rings. The Hall–Kier alpha value is -3.85. The molecule has 0 amide bonds. The van der Waals surface area contributed by atoms with Gasteiger partial charge in [0.25, 0.3) is 5.56 Å². The molecule has 1 unspecified atom stereocenters. The Morgan fingerprint density at radius 3 is 2.42 bits per heavy atom. The van der Waals surface area contributed by atoms with Crippen molar-refractivity contribution in [3.63, 3.8) is 0 Å². The van der Waals surface area contributed by atoms with Crippen LogP contribution in [0.2, 0.25) is 0 Å². The SMILES string of the molecule is CCOC(=O)C1=C(C)N=c2s/c(=C\c3ccc(OCC)cc3)c(=O)n2C1c1cc(OC)ccc1OC. The van der Waals surface area contributed by atoms with E-state index in [-0.39, 0.29) is 17.7 Å². The Balaban J connectivity index is 1.95. The molecule has 0 saturated heterocycles. The van der Waals surface area contributed by atoms with Crippen LogP contribution >= 0.6 is 11.3 Å². The Labute approximate surface area is 212 Å². The number of fused-ring (bicyclic) bond motifs is 1. The van der Waals surface area contributed by atoms with Gasteiger partial charge in [0, 0.05) is 5.56 Å². The molecule has 0 saturated carbocycles. The van der Waals surface area contributed by atoms with E-state index in [2.05, 4.69) is 4.99 Å². The van der Waals surface area contributed by atoms with Crippen LogP contribution in [0.5, 0.6) is 17.2 Å². The molecule has 1 aliphatic heterocycles. The highest BCUT2D eigenvalue weighted by molar-refractivity contribution is 7.07. The Kier molecular flexibility index (Phi) is 7.59. The van der Waals surface area contributed by atoms with Crippen molar-refractivity contribution in [3.05, 3.63) is 84.5 Å². The van der Waals surface area contributed by atoms with Gasteiger partial charge in [-0.3, -0.25) is 9.36 Å². The van der Waals surface area contributed by atoms with Crippen molar-refractivity contribution in [2.45, 2.75) is 26.8 Å². The van der Waals surface area contributed by atoms with Gasteiger partial charge in [0.2, 0.25) is 0 Å². The zero-order valence-electron chi connectivity index (χ0n) is 20.9. The van der Waals surface area contributed by atoms with Crippen molar-refractivity contribution in [2.24, 2.45) is 4.99 Å². The number of allylic oxidation sites excluding steroid dienone is 1. The number of benzene rings is 2. The van der Waals surface area contributed by atoms with Crippen molar-refractivity contribution in [2.75, 3.05) is 27.4 Å². The number of carbonyl (C=O) groups excluding carboxylic acids is 1. The topological polar surface area (TPSA) is 88.4 Å². The van der Waals surface area contributed by atoms with Gasteiger partial charge in [0.05, 0.1) is 43.2 Å². The number of thiazole rings is 1. The van der Waals surface area contributed by atoms with Gasteiger partial charge in [-0.25, -0.2) is 9.79 Å². The van der Waals surface area contributed by atoms with Crippen molar-refractivity contribution in [1.82, 2.24) is 4.57 Å². The summed E-state index contributed by atoms with van der Waals surface area (Å²) in [6, 6.07) is 12.0. The highest BCUT2D eigenvalue weighted by Gasteiger charge is 2.35. The van der Waals surface area contributed by atoms with Crippen LogP contribution in [0.25, 0.3) is 6.08 Å². The van der Waals surface area contributed by atoms with Crippen LogP contribution in [-0.2, 0) is 9.53 Å². The van der Waals surface area contributed by atoms with E-state index in [1.54, 1.807) is 46.3 Å². The maximum Gasteiger partial charge on any atom is 0.338 e. The largest absolute Gasteiger partial charge is 0.497 e. The van der Waals surface area contributed by atoms with E-state index in [1.165, 1.54) is 15.9 Å². The predicted octanol–water partition coefficient (Wildman–Crippen LogP) is 3.21. The molecule has 1 atom stereocenters. The van der Waals surface area contributed by atoms with Crippen LogP contribution in [0.4, 0.5) is 0 Å². The molecule has 0 aliphatic carbocycles. The summed E-state index contributed by atoms with van der Waals surface area (Å²) >= 11 is 1.26. The molecule has 8 nitrogen and oxygen atoms in total. The van der Waals surface area contributed by atoms with Crippen molar-refractivity contribution >= 4 is 23.4 Å². The second-order valence-electron chi connectivity index (χ2n) is 7.91. The lowest BCUT2D eigenvalue weighted by atomic mass is 9.94. The fraction of sp³-hybridized carbons (Fsp3) is 0.296. The first-order chi connectivity index (χ1) is 17.4. The minimum Gasteiger partial charge on any atom is -0.497 e. The normalized spacial score (nSPS) is 15.2. The van der Waals surface area contributed by atoms with Gasteiger partial charge in [-0.15, -0.1) is 0 Å². The second kappa shape index (κ2) is 10.8. The predicted molar refractivity (Wildman–Crippen MR) is 138 cm³/mol. The zero-order valence-corrected chi connectivity index (χ0v) is 21.7. The molecular formula is C27H28N2O6S. The number of esters is 1. The van der Waals surface area contributed by atoms with Gasteiger partial charge >= 0.3 is 5.97 Å². The smallest absolute Gasteiger partial charge is 0.338 e. The number of hydrogen-bond acceptors (Lipinski definition) is 8. The molecule has 0 radical (unpaired) electrons. The third kappa shape index (κ3) is 4.79. The third-order valence-electron chi connectivity index (χ3n) is 5.74. The van der Waals surface area contributed by atoms with Crippen LogP contribution in [-0.4, -0.2) is 38.0 Å². The fourth-order valence-electron chi connectivity index (χ4n) is 4.12. The van der Waals surface area contributed by atoms with Crippen molar-refractivity contribution < 1.29 is 23.7 Å². The molecule has 2 aromatic carbocycles. The fourth-order valence-corrected chi connectivity index (χ4v) is 5.16. The molecule has 0 fully saturated rings. The van der Waals surface area contributed by atoms with Gasteiger partial charge < -0.3 is 18.9 Å². The minimum absolute atomic E-state index is 0.194. The molecule has 36 heavy (non-hydrogen) atoms. The summed E-state index contributed by atoms with van der Waals surface area (Å²) in [5, 5.41) is 0. The summed E-state index contributed by atoms with van der Waals surface area (Å²) in [5.41, 5.74) is 1.95. The van der Waals surface area contributed by atoms with Crippen molar-refractivity contribution in [1.29, 1.82) is 0 Å². The molecule has 188 valence electrons. The lowest BCUT2D eigenvalue weighted by Gasteiger charge is -2.26. The van der Waals surface area contributed by atoms with E-state index in [0.29, 0.717) is 38.7 Å². The first kappa shape index (κ1) is 25.2. The van der Waals surface area contributed by atoms with E-state index in [1.807, 2.05) is 37.3 Å². The monoisotopic (exact) mass is 508 g/mol. The number of nitrogens with zero attached hydrogens (tertiary/aromatic N) is 2. The Morgan fingerprint density at radius 2 is 1.78 bits per heavy atom. The third-order valence-corrected chi connectivity index (χ3v) is 6.72. The van der Waals surface area contributed by atoms with Gasteiger partial charge in [0.1, 0.15) is 23.3 Å². The van der Waals surface area contributed by atoms with Crippen LogP contribution in [0, 0.1) is 0 Å². The minimum atomic E-state index is -0.798. The Morgan fingerprint density at radius 1 is 1.06 bits per heavy atom. The molecular weight excluding hydrogens is 480 g/mol. The number of methoxy groups -OCH3 is 2. The summed E-state index contributed by atoms with van der Waals surface area (Å²) in [6.07, 6.45) is 1.81. The van der Waals surface area contributed by atoms with E-state index < -0.39 is 12.0 Å². The first-order valence-electron chi connectivity index (χ1n) is 11.6. The van der Waals surface area contributed by atoms with Crippen molar-refractivity contribution in [3.8, 4) is 17.2 Å². The van der Waals surface area contributed by atoms with Gasteiger partial charge in [-0.1, -0.05) is 23.5 Å². The van der Waals surface area contributed by atoms with E-state index in [0.717, 1.165) is 11.3 Å². The molecule has 0 spiro atoms. The molecule has 9 heteroatoms. The second-order valence-corrected chi connectivity index (χ2v) is 8.92. The molecule has 1 aliphatic rings. The molecule has 1 aromatic heterocycles. The van der Waals surface area contributed by atoms with E-state index in [9.17, 15) is 9.59 Å². The first-order valence-corrected chi connectivity index (χ1v) is 12.4. The maximum atomic E-state index is 13.8. The highest BCUT2D eigenvalue weighted by atomic mass is 32.1. The quantitative estimate of drug-likeness (QED) is 0.434. The average molecular weight is 509 g/mol. The molecule has 0 bridgehead atoms. The number of hydrogen-bond donors (Lipinski definition) is 0. The summed E-state index contributed by atoms with van der Waals surface area (Å²) in [7, 11) is 3.10. The average Bonchev–Trinajstić information content (AvgIpc) is 3.18. The molecule has 4 rings (SSSR count). The number of ether oxygens (including phenoxy) is 4. The van der Waals surface area contributed by atoms with Crippen LogP contribution in [0.3, 0.4) is 0 Å². The standard InChI is InChI=1S/C27H28N2O6S/c1-6-34-18-10-8-17(9-11-18)14-22-25(30)29-24(20-15-19(32-4)12-13-21(20)33-5)23(26(31)35-7-2)16(3)28-27(29)36-22/h8-15,24H,6-7H2,1-5H3/b22-14-. The van der Waals surface area contributed by atoms with Gasteiger partial charge in [0.15, 0.2) is 4.80 Å². The maximum absolute atomic E-state index is 13.8. The number of carbonyl (C=O) groups is 1. The van der Waals surface area contributed by atoms with Crippen LogP contribution < -0.4 is 29.1 Å². The lowest BCUT2D eigenvalue weighted by molar-refractivity contribution is -0.139. The summed E-state index contributed by atoms with van der Waals surface area (Å²) in [5.74, 6) is 1.31. The van der Waals surface area contributed by atoms with Crippen LogP contribution in [0.1, 0.15) is 37.9 Å². The van der Waals surface area contributed by atoms with Crippen LogP contribution in [0.15, 0.2) is 63.5 Å². The number of aromatic nitrogens is 1. The lowest BCUT2D eigenvalue weighted by Crippen LogP contribution is -2.40. The highest BCUT2D eigenvalue weighted by Crippen LogP contribution is 2.37. The van der Waals surface area contributed by atoms with Gasteiger partial charge in [-0.2, -0.15) is 0 Å². The molecule has 0 N–H and O–H groups in total. The Bertz CT molecular complexity index is 1480. The van der Waals surface area contributed by atoms with E-state index in [4.69, 9.17) is 18.9 Å². The summed E-state index contributed by atoms with van der Waals surface area (Å²) in [4.78, 5) is 32.0. The summed E-state index contributed by atoms with van der Waals surface area (Å²) < 4.78 is 23.9. The number of rotatable bonds is 8. The zero-order chi connectivity index (χ0) is 25.8. The molecule has 2 heterocycles.